The van der Waals surface area contributed by atoms with E-state index in [1.807, 2.05) is 36.6 Å². The van der Waals surface area contributed by atoms with Crippen LogP contribution in [-0.4, -0.2) is 42.1 Å². The van der Waals surface area contributed by atoms with E-state index in [9.17, 15) is 4.79 Å². The number of benzene rings is 1. The second kappa shape index (κ2) is 7.10. The Morgan fingerprint density at radius 3 is 2.57 bits per heavy atom. The number of piperidine rings is 1. The van der Waals surface area contributed by atoms with Crippen molar-refractivity contribution in [2.45, 2.75) is 25.8 Å². The summed E-state index contributed by atoms with van der Waals surface area (Å²) in [7, 11) is 2.11. The van der Waals surface area contributed by atoms with Crippen LogP contribution in [0.4, 0.5) is 10.5 Å². The number of aryl methyl sites for hydroxylation is 1. The van der Waals surface area contributed by atoms with Crippen molar-refractivity contribution >= 4 is 23.1 Å². The largest absolute Gasteiger partial charge is 0.335 e. The predicted molar refractivity (Wildman–Crippen MR) is 95.0 cm³/mol. The summed E-state index contributed by atoms with van der Waals surface area (Å²) in [4.78, 5) is 18.8. The van der Waals surface area contributed by atoms with Crippen LogP contribution >= 0.6 is 11.3 Å². The number of aromatic nitrogens is 1. The van der Waals surface area contributed by atoms with Crippen molar-refractivity contribution in [2.75, 3.05) is 25.5 Å². The Morgan fingerprint density at radius 1 is 1.26 bits per heavy atom. The second-order valence-corrected chi connectivity index (χ2v) is 6.91. The van der Waals surface area contributed by atoms with Crippen LogP contribution in [0.3, 0.4) is 0 Å². The highest BCUT2D eigenvalue weighted by Gasteiger charge is 2.18. The lowest BCUT2D eigenvalue weighted by atomic mass is 10.1. The summed E-state index contributed by atoms with van der Waals surface area (Å²) in [6.07, 6.45) is 2.01. The number of urea groups is 1. The van der Waals surface area contributed by atoms with Crippen molar-refractivity contribution in [1.82, 2.24) is 15.2 Å². The Bertz CT molecular complexity index is 659. The molecule has 122 valence electrons. The Kier molecular flexibility index (Phi) is 4.93. The number of amides is 2. The third kappa shape index (κ3) is 4.30. The van der Waals surface area contributed by atoms with Gasteiger partial charge in [-0.2, -0.15) is 0 Å². The molecule has 0 spiro atoms. The highest BCUT2D eigenvalue weighted by molar-refractivity contribution is 7.13. The SMILES string of the molecule is Cc1csc(-c2ccc(NC(=O)NC3CCN(C)CC3)cc2)n1. The molecular formula is C17H22N4OS. The Hall–Kier alpha value is -1.92. The third-order valence-electron chi connectivity index (χ3n) is 4.06. The van der Waals surface area contributed by atoms with Gasteiger partial charge in [-0.25, -0.2) is 9.78 Å². The van der Waals surface area contributed by atoms with Gasteiger partial charge < -0.3 is 15.5 Å². The maximum atomic E-state index is 12.1. The first kappa shape index (κ1) is 16.0. The fourth-order valence-electron chi connectivity index (χ4n) is 2.69. The number of likely N-dealkylation sites (tertiary alicyclic amines) is 1. The van der Waals surface area contributed by atoms with E-state index in [4.69, 9.17) is 0 Å². The number of hydrogen-bond acceptors (Lipinski definition) is 4. The summed E-state index contributed by atoms with van der Waals surface area (Å²) in [6, 6.07) is 7.95. The molecular weight excluding hydrogens is 308 g/mol. The Balaban J connectivity index is 1.54. The zero-order valence-electron chi connectivity index (χ0n) is 13.5. The van der Waals surface area contributed by atoms with Crippen LogP contribution in [-0.2, 0) is 0 Å². The van der Waals surface area contributed by atoms with Crippen LogP contribution in [0, 0.1) is 6.92 Å². The molecule has 1 aliphatic rings. The lowest BCUT2D eigenvalue weighted by Crippen LogP contribution is -2.44. The van der Waals surface area contributed by atoms with E-state index in [2.05, 4.69) is 27.6 Å². The maximum Gasteiger partial charge on any atom is 0.319 e. The second-order valence-electron chi connectivity index (χ2n) is 6.05. The van der Waals surface area contributed by atoms with Crippen LogP contribution in [0.25, 0.3) is 10.6 Å². The van der Waals surface area contributed by atoms with Crippen LogP contribution in [0.5, 0.6) is 0 Å². The van der Waals surface area contributed by atoms with Crippen molar-refractivity contribution in [3.05, 3.63) is 35.3 Å². The van der Waals surface area contributed by atoms with Crippen molar-refractivity contribution in [1.29, 1.82) is 0 Å². The fraction of sp³-hybridized carbons (Fsp3) is 0.412. The smallest absolute Gasteiger partial charge is 0.319 e. The van der Waals surface area contributed by atoms with E-state index in [-0.39, 0.29) is 12.1 Å². The molecule has 2 N–H and O–H groups in total. The molecule has 0 aliphatic carbocycles. The minimum absolute atomic E-state index is 0.127. The molecule has 0 saturated carbocycles. The first-order valence-corrected chi connectivity index (χ1v) is 8.77. The molecule has 1 aromatic carbocycles. The molecule has 0 radical (unpaired) electrons. The van der Waals surface area contributed by atoms with Gasteiger partial charge in [0.25, 0.3) is 0 Å². The summed E-state index contributed by atoms with van der Waals surface area (Å²) in [5, 5.41) is 9.00. The van der Waals surface area contributed by atoms with E-state index in [1.54, 1.807) is 11.3 Å². The van der Waals surface area contributed by atoms with E-state index < -0.39 is 0 Å². The number of nitrogens with one attached hydrogen (secondary N) is 2. The summed E-state index contributed by atoms with van der Waals surface area (Å²) in [5.41, 5.74) is 2.90. The zero-order chi connectivity index (χ0) is 16.2. The molecule has 0 atom stereocenters. The molecule has 1 aromatic heterocycles. The van der Waals surface area contributed by atoms with Gasteiger partial charge in [0.15, 0.2) is 0 Å². The molecule has 2 heterocycles. The predicted octanol–water partition coefficient (Wildman–Crippen LogP) is 3.33. The molecule has 1 saturated heterocycles. The molecule has 3 rings (SSSR count). The van der Waals surface area contributed by atoms with Gasteiger partial charge in [0.05, 0.1) is 0 Å². The third-order valence-corrected chi connectivity index (χ3v) is 5.07. The van der Waals surface area contributed by atoms with Crippen molar-refractivity contribution < 1.29 is 4.79 Å². The average molecular weight is 330 g/mol. The maximum absolute atomic E-state index is 12.1. The normalized spacial score (nSPS) is 16.3. The molecule has 2 aromatic rings. The lowest BCUT2D eigenvalue weighted by Gasteiger charge is -2.29. The van der Waals surface area contributed by atoms with Gasteiger partial charge in [0.1, 0.15) is 5.01 Å². The lowest BCUT2D eigenvalue weighted by molar-refractivity contribution is 0.221. The molecule has 2 amide bonds. The average Bonchev–Trinajstić information content (AvgIpc) is 2.97. The van der Waals surface area contributed by atoms with Gasteiger partial charge in [-0.05, 0) is 64.2 Å². The zero-order valence-corrected chi connectivity index (χ0v) is 14.3. The number of nitrogens with zero attached hydrogens (tertiary/aromatic N) is 2. The minimum Gasteiger partial charge on any atom is -0.335 e. The number of anilines is 1. The summed E-state index contributed by atoms with van der Waals surface area (Å²) < 4.78 is 0. The van der Waals surface area contributed by atoms with E-state index in [0.29, 0.717) is 0 Å². The van der Waals surface area contributed by atoms with Gasteiger partial charge in [-0.1, -0.05) is 0 Å². The molecule has 1 aliphatic heterocycles. The summed E-state index contributed by atoms with van der Waals surface area (Å²) >= 11 is 1.63. The molecule has 5 nitrogen and oxygen atoms in total. The number of hydrogen-bond donors (Lipinski definition) is 2. The van der Waals surface area contributed by atoms with Gasteiger partial charge in [0.2, 0.25) is 0 Å². The Morgan fingerprint density at radius 2 is 1.96 bits per heavy atom. The topological polar surface area (TPSA) is 57.3 Å². The van der Waals surface area contributed by atoms with E-state index in [0.717, 1.165) is 47.9 Å². The van der Waals surface area contributed by atoms with Crippen molar-refractivity contribution in [3.8, 4) is 10.6 Å². The summed E-state index contributed by atoms with van der Waals surface area (Å²) in [5.74, 6) is 0. The van der Waals surface area contributed by atoms with E-state index >= 15 is 0 Å². The molecule has 1 fully saturated rings. The number of rotatable bonds is 3. The summed E-state index contributed by atoms with van der Waals surface area (Å²) in [6.45, 7) is 4.06. The number of thiazole rings is 1. The molecule has 23 heavy (non-hydrogen) atoms. The van der Waals surface area contributed by atoms with Crippen molar-refractivity contribution in [3.63, 3.8) is 0 Å². The first-order valence-electron chi connectivity index (χ1n) is 7.89. The highest BCUT2D eigenvalue weighted by atomic mass is 32.1. The van der Waals surface area contributed by atoms with Gasteiger partial charge in [-0.15, -0.1) is 11.3 Å². The van der Waals surface area contributed by atoms with Gasteiger partial charge in [-0.3, -0.25) is 0 Å². The van der Waals surface area contributed by atoms with Crippen LogP contribution in [0.2, 0.25) is 0 Å². The Labute approximate surface area is 140 Å². The molecule has 0 bridgehead atoms. The van der Waals surface area contributed by atoms with Gasteiger partial charge >= 0.3 is 6.03 Å². The first-order chi connectivity index (χ1) is 11.1. The molecule has 0 unspecified atom stereocenters. The highest BCUT2D eigenvalue weighted by Crippen LogP contribution is 2.24. The quantitative estimate of drug-likeness (QED) is 0.907. The number of carbonyl (C=O) groups excluding carboxylic acids is 1. The van der Waals surface area contributed by atoms with Crippen LogP contribution in [0.1, 0.15) is 18.5 Å². The standard InChI is InChI=1S/C17H22N4OS/c1-12-11-23-16(18-12)13-3-5-14(6-4-13)19-17(22)20-15-7-9-21(2)10-8-15/h3-6,11,15H,7-10H2,1-2H3,(H2,19,20,22). The number of carbonyl (C=O) groups is 1. The van der Waals surface area contributed by atoms with Gasteiger partial charge in [0, 0.05) is 28.4 Å². The minimum atomic E-state index is -0.127. The monoisotopic (exact) mass is 330 g/mol. The van der Waals surface area contributed by atoms with Crippen LogP contribution < -0.4 is 10.6 Å². The fourth-order valence-corrected chi connectivity index (χ4v) is 3.49. The van der Waals surface area contributed by atoms with E-state index in [1.165, 1.54) is 0 Å². The van der Waals surface area contributed by atoms with Crippen molar-refractivity contribution in [2.24, 2.45) is 0 Å². The molecule has 6 heteroatoms. The van der Waals surface area contributed by atoms with Crippen LogP contribution in [0.15, 0.2) is 29.6 Å².